The minimum absolute atomic E-state index is 0.355. The Bertz CT molecular complexity index is 563. The zero-order valence-corrected chi connectivity index (χ0v) is 14.1. The molecule has 0 spiro atoms. The largest absolute Gasteiger partial charge is 0.368 e. The zero-order chi connectivity index (χ0) is 16.7. The summed E-state index contributed by atoms with van der Waals surface area (Å²) in [5, 5.41) is 3.63. The van der Waals surface area contributed by atoms with Crippen LogP contribution in [0, 0.1) is 6.92 Å². The first-order chi connectivity index (χ1) is 11.1. The van der Waals surface area contributed by atoms with Crippen LogP contribution in [0.4, 0.5) is 11.8 Å². The summed E-state index contributed by atoms with van der Waals surface area (Å²) in [6.07, 6.45) is 10.1. The Hall–Kier alpha value is -2.14. The summed E-state index contributed by atoms with van der Waals surface area (Å²) < 4.78 is 0. The van der Waals surface area contributed by atoms with Gasteiger partial charge < -0.3 is 16.0 Å². The van der Waals surface area contributed by atoms with Crippen molar-refractivity contribution in [2.24, 2.45) is 0 Å². The first kappa shape index (κ1) is 17.2. The molecule has 0 bridgehead atoms. The summed E-state index contributed by atoms with van der Waals surface area (Å²) >= 11 is 0. The fraction of sp³-hybridized carbons (Fsp3) is 0.444. The fourth-order valence-corrected chi connectivity index (χ4v) is 2.71. The Labute approximate surface area is 139 Å². The van der Waals surface area contributed by atoms with E-state index in [1.807, 2.05) is 25.1 Å². The van der Waals surface area contributed by atoms with Gasteiger partial charge >= 0.3 is 0 Å². The van der Waals surface area contributed by atoms with Gasteiger partial charge in [-0.2, -0.15) is 4.98 Å². The molecule has 2 rings (SSSR count). The number of allylic oxidation sites excluding steroid dienone is 4. The van der Waals surface area contributed by atoms with Crippen molar-refractivity contribution in [3.8, 4) is 0 Å². The molecular formula is C18H27N5. The monoisotopic (exact) mass is 313 g/mol. The van der Waals surface area contributed by atoms with Gasteiger partial charge in [0.05, 0.1) is 0 Å². The van der Waals surface area contributed by atoms with E-state index < -0.39 is 0 Å². The van der Waals surface area contributed by atoms with E-state index in [0.29, 0.717) is 12.0 Å². The molecule has 124 valence electrons. The number of aromatic nitrogens is 2. The third kappa shape index (κ3) is 5.53. The van der Waals surface area contributed by atoms with E-state index in [2.05, 4.69) is 39.8 Å². The Kier molecular flexibility index (Phi) is 6.35. The molecule has 0 aliphatic carbocycles. The summed E-state index contributed by atoms with van der Waals surface area (Å²) in [5.41, 5.74) is 7.99. The quantitative estimate of drug-likeness (QED) is 0.790. The predicted octanol–water partition coefficient (Wildman–Crippen LogP) is 2.61. The average molecular weight is 313 g/mol. The smallest absolute Gasteiger partial charge is 0.222 e. The van der Waals surface area contributed by atoms with Gasteiger partial charge in [-0.1, -0.05) is 36.5 Å². The lowest BCUT2D eigenvalue weighted by Gasteiger charge is -2.33. The highest BCUT2D eigenvalue weighted by Crippen LogP contribution is 2.19. The van der Waals surface area contributed by atoms with E-state index in [4.69, 9.17) is 5.73 Å². The number of rotatable bonds is 6. The lowest BCUT2D eigenvalue weighted by Crippen LogP contribution is -2.43. The zero-order valence-electron chi connectivity index (χ0n) is 14.1. The minimum Gasteiger partial charge on any atom is -0.368 e. The number of hydrogen-bond donors (Lipinski definition) is 2. The highest BCUT2D eigenvalue weighted by Gasteiger charge is 2.20. The van der Waals surface area contributed by atoms with E-state index in [9.17, 15) is 0 Å². The summed E-state index contributed by atoms with van der Waals surface area (Å²) in [6.45, 7) is 10.7. The van der Waals surface area contributed by atoms with Crippen molar-refractivity contribution in [3.63, 3.8) is 0 Å². The Morgan fingerprint density at radius 2 is 2.13 bits per heavy atom. The Morgan fingerprint density at radius 3 is 2.78 bits per heavy atom. The molecule has 0 atom stereocenters. The fourth-order valence-electron chi connectivity index (χ4n) is 2.71. The van der Waals surface area contributed by atoms with Crippen LogP contribution in [0.1, 0.15) is 25.5 Å². The van der Waals surface area contributed by atoms with Crippen molar-refractivity contribution in [1.29, 1.82) is 0 Å². The summed E-state index contributed by atoms with van der Waals surface area (Å²) in [5.74, 6) is 1.30. The molecule has 1 aromatic heterocycles. The van der Waals surface area contributed by atoms with Crippen LogP contribution in [-0.4, -0.2) is 35.6 Å². The maximum atomic E-state index is 5.75. The normalized spacial score (nSPS) is 17.0. The summed E-state index contributed by atoms with van der Waals surface area (Å²) in [6, 6.07) is 2.56. The average Bonchev–Trinajstić information content (AvgIpc) is 2.53. The van der Waals surface area contributed by atoms with Crippen molar-refractivity contribution in [3.05, 3.63) is 48.2 Å². The summed E-state index contributed by atoms with van der Waals surface area (Å²) in [7, 11) is 0. The van der Waals surface area contributed by atoms with Crippen LogP contribution >= 0.6 is 0 Å². The molecule has 1 fully saturated rings. The van der Waals surface area contributed by atoms with Crippen LogP contribution in [0.2, 0.25) is 0 Å². The highest BCUT2D eigenvalue weighted by atomic mass is 15.2. The van der Waals surface area contributed by atoms with Crippen LogP contribution in [0.15, 0.2) is 42.5 Å². The lowest BCUT2D eigenvalue weighted by atomic mass is 10.0. The lowest BCUT2D eigenvalue weighted by molar-refractivity contribution is 0.426. The Balaban J connectivity index is 1.81. The molecule has 5 nitrogen and oxygen atoms in total. The van der Waals surface area contributed by atoms with Crippen LogP contribution < -0.4 is 16.0 Å². The van der Waals surface area contributed by atoms with E-state index in [0.717, 1.165) is 44.0 Å². The second-order valence-corrected chi connectivity index (χ2v) is 6.00. The maximum Gasteiger partial charge on any atom is 0.222 e. The number of nitrogen functional groups attached to an aromatic ring is 1. The second-order valence-electron chi connectivity index (χ2n) is 6.00. The molecule has 3 N–H and O–H groups in total. The van der Waals surface area contributed by atoms with Crippen molar-refractivity contribution in [2.45, 2.75) is 32.7 Å². The Morgan fingerprint density at radius 1 is 1.39 bits per heavy atom. The molecule has 0 amide bonds. The molecule has 5 heteroatoms. The number of nitrogens with two attached hydrogens (primary N) is 1. The van der Waals surface area contributed by atoms with Gasteiger partial charge in [-0.3, -0.25) is 0 Å². The number of nitrogens with zero attached hydrogens (tertiary/aromatic N) is 3. The van der Waals surface area contributed by atoms with E-state index >= 15 is 0 Å². The third-order valence-electron chi connectivity index (χ3n) is 3.97. The minimum atomic E-state index is 0.355. The van der Waals surface area contributed by atoms with Gasteiger partial charge in [-0.05, 0) is 26.7 Å². The highest BCUT2D eigenvalue weighted by molar-refractivity contribution is 5.43. The van der Waals surface area contributed by atoms with Gasteiger partial charge in [0, 0.05) is 37.4 Å². The standard InChI is InChI=1S/C18H27N5/c1-4-5-6-7-14(2)13-20-16-8-10-23(11-9-16)17-12-15(3)21-18(19)22-17/h4-7,12,16,20H,1,8-11,13H2,2-3H3,(H2,19,21,22)/b6-5-,14-7+. The molecular weight excluding hydrogens is 286 g/mol. The number of piperidine rings is 1. The second kappa shape index (κ2) is 8.48. The van der Waals surface area contributed by atoms with Crippen molar-refractivity contribution in [1.82, 2.24) is 15.3 Å². The van der Waals surface area contributed by atoms with Crippen LogP contribution in [-0.2, 0) is 0 Å². The van der Waals surface area contributed by atoms with Crippen molar-refractivity contribution < 1.29 is 0 Å². The van der Waals surface area contributed by atoms with Crippen molar-refractivity contribution in [2.75, 3.05) is 30.3 Å². The van der Waals surface area contributed by atoms with E-state index in [1.54, 1.807) is 6.08 Å². The van der Waals surface area contributed by atoms with Gasteiger partial charge in [-0.25, -0.2) is 4.98 Å². The van der Waals surface area contributed by atoms with Crippen LogP contribution in [0.5, 0.6) is 0 Å². The van der Waals surface area contributed by atoms with Gasteiger partial charge in [0.2, 0.25) is 5.95 Å². The molecule has 0 saturated carbocycles. The molecule has 2 heterocycles. The molecule has 0 radical (unpaired) electrons. The van der Waals surface area contributed by atoms with Gasteiger partial charge in [0.25, 0.3) is 0 Å². The van der Waals surface area contributed by atoms with Gasteiger partial charge in [-0.15, -0.1) is 0 Å². The van der Waals surface area contributed by atoms with E-state index in [1.165, 1.54) is 5.57 Å². The molecule has 23 heavy (non-hydrogen) atoms. The number of aryl methyl sites for hydroxylation is 1. The van der Waals surface area contributed by atoms with Gasteiger partial charge in [0.15, 0.2) is 0 Å². The summed E-state index contributed by atoms with van der Waals surface area (Å²) in [4.78, 5) is 10.8. The van der Waals surface area contributed by atoms with Crippen molar-refractivity contribution >= 4 is 11.8 Å². The molecule has 1 aromatic rings. The molecule has 0 aromatic carbocycles. The number of nitrogens with one attached hydrogen (secondary N) is 1. The number of anilines is 2. The maximum absolute atomic E-state index is 5.75. The molecule has 1 saturated heterocycles. The molecule has 0 unspecified atom stereocenters. The van der Waals surface area contributed by atoms with Crippen LogP contribution in [0.25, 0.3) is 0 Å². The predicted molar refractivity (Wildman–Crippen MR) is 97.5 cm³/mol. The first-order valence-electron chi connectivity index (χ1n) is 8.13. The topological polar surface area (TPSA) is 67.1 Å². The van der Waals surface area contributed by atoms with Crippen LogP contribution in [0.3, 0.4) is 0 Å². The third-order valence-corrected chi connectivity index (χ3v) is 3.97. The molecule has 1 aliphatic rings. The molecule has 1 aliphatic heterocycles. The van der Waals surface area contributed by atoms with E-state index in [-0.39, 0.29) is 0 Å². The van der Waals surface area contributed by atoms with Gasteiger partial charge in [0.1, 0.15) is 5.82 Å². The SMILES string of the molecule is C=C/C=C\C=C(/C)CNC1CCN(c2cc(C)nc(N)n2)CC1. The number of hydrogen-bond acceptors (Lipinski definition) is 5. The first-order valence-corrected chi connectivity index (χ1v) is 8.13.